The minimum absolute atomic E-state index is 0.303. The summed E-state index contributed by atoms with van der Waals surface area (Å²) in [6.45, 7) is 2.06. The molecular formula is C13H12N2O3S. The molecule has 0 saturated carbocycles. The van der Waals surface area contributed by atoms with Crippen LogP contribution in [0.25, 0.3) is 0 Å². The number of hydrogen-bond acceptors (Lipinski definition) is 5. The van der Waals surface area contributed by atoms with Crippen molar-refractivity contribution in [2.24, 2.45) is 0 Å². The third kappa shape index (κ3) is 3.38. The largest absolute Gasteiger partial charge is 0.462 e. The van der Waals surface area contributed by atoms with Crippen molar-refractivity contribution in [3.05, 3.63) is 46.4 Å². The van der Waals surface area contributed by atoms with Crippen LogP contribution < -0.4 is 5.32 Å². The Morgan fingerprint density at radius 2 is 2.26 bits per heavy atom. The minimum atomic E-state index is -0.410. The van der Waals surface area contributed by atoms with Gasteiger partial charge in [0.15, 0.2) is 0 Å². The van der Waals surface area contributed by atoms with E-state index in [4.69, 9.17) is 4.74 Å². The summed E-state index contributed by atoms with van der Waals surface area (Å²) in [5.74, 6) is -0.713. The van der Waals surface area contributed by atoms with Gasteiger partial charge in [0.05, 0.1) is 17.7 Å². The number of aromatic nitrogens is 1. The quantitative estimate of drug-likeness (QED) is 0.871. The summed E-state index contributed by atoms with van der Waals surface area (Å²) >= 11 is 1.35. The fraction of sp³-hybridized carbons (Fsp3) is 0.154. The SMILES string of the molecule is CCOC(=O)c1cccc(NC(=O)c2cscn2)c1. The van der Waals surface area contributed by atoms with Crippen LogP contribution in [0, 0.1) is 0 Å². The lowest BCUT2D eigenvalue weighted by atomic mass is 10.2. The molecule has 0 radical (unpaired) electrons. The highest BCUT2D eigenvalue weighted by molar-refractivity contribution is 7.07. The van der Waals surface area contributed by atoms with E-state index in [0.29, 0.717) is 23.6 Å². The Labute approximate surface area is 114 Å². The molecule has 1 heterocycles. The Morgan fingerprint density at radius 1 is 1.42 bits per heavy atom. The van der Waals surface area contributed by atoms with Crippen molar-refractivity contribution >= 4 is 28.9 Å². The first-order chi connectivity index (χ1) is 9.20. The lowest BCUT2D eigenvalue weighted by Gasteiger charge is -2.06. The number of nitrogens with one attached hydrogen (secondary N) is 1. The van der Waals surface area contributed by atoms with Crippen LogP contribution in [0.2, 0.25) is 0 Å². The van der Waals surface area contributed by atoms with Gasteiger partial charge in [0, 0.05) is 11.1 Å². The molecule has 1 amide bonds. The molecule has 0 fully saturated rings. The molecule has 6 heteroatoms. The average molecular weight is 276 g/mol. The van der Waals surface area contributed by atoms with Gasteiger partial charge in [-0.1, -0.05) is 6.07 Å². The van der Waals surface area contributed by atoms with Crippen LogP contribution >= 0.6 is 11.3 Å². The third-order valence-electron chi connectivity index (χ3n) is 2.30. The molecule has 98 valence electrons. The molecule has 2 rings (SSSR count). The second kappa shape index (κ2) is 6.10. The van der Waals surface area contributed by atoms with E-state index in [1.807, 2.05) is 0 Å². The highest BCUT2D eigenvalue weighted by Gasteiger charge is 2.10. The van der Waals surface area contributed by atoms with Crippen LogP contribution in [0.3, 0.4) is 0 Å². The standard InChI is InChI=1S/C13H12N2O3S/c1-2-18-13(17)9-4-3-5-10(6-9)15-12(16)11-7-19-8-14-11/h3-8H,2H2,1H3,(H,15,16). The van der Waals surface area contributed by atoms with Gasteiger partial charge in [-0.05, 0) is 25.1 Å². The van der Waals surface area contributed by atoms with E-state index < -0.39 is 5.97 Å². The fourth-order valence-electron chi connectivity index (χ4n) is 1.46. The molecule has 0 unspecified atom stereocenters. The van der Waals surface area contributed by atoms with E-state index in [2.05, 4.69) is 10.3 Å². The Hall–Kier alpha value is -2.21. The van der Waals surface area contributed by atoms with E-state index in [9.17, 15) is 9.59 Å². The van der Waals surface area contributed by atoms with Crippen molar-refractivity contribution in [1.82, 2.24) is 4.98 Å². The molecule has 1 aromatic heterocycles. The smallest absolute Gasteiger partial charge is 0.338 e. The first-order valence-electron chi connectivity index (χ1n) is 5.67. The zero-order chi connectivity index (χ0) is 13.7. The minimum Gasteiger partial charge on any atom is -0.462 e. The lowest BCUT2D eigenvalue weighted by Crippen LogP contribution is -2.13. The van der Waals surface area contributed by atoms with Crippen molar-refractivity contribution < 1.29 is 14.3 Å². The normalized spacial score (nSPS) is 9.95. The number of carbonyl (C=O) groups is 2. The maximum absolute atomic E-state index is 11.8. The number of ether oxygens (including phenoxy) is 1. The zero-order valence-electron chi connectivity index (χ0n) is 10.3. The van der Waals surface area contributed by atoms with Crippen molar-refractivity contribution in [3.63, 3.8) is 0 Å². The summed E-state index contributed by atoms with van der Waals surface area (Å²) in [5.41, 5.74) is 2.87. The highest BCUT2D eigenvalue weighted by atomic mass is 32.1. The molecule has 0 atom stereocenters. The summed E-state index contributed by atoms with van der Waals surface area (Å²) in [5, 5.41) is 4.34. The predicted molar refractivity (Wildman–Crippen MR) is 72.5 cm³/mol. The van der Waals surface area contributed by atoms with E-state index in [0.717, 1.165) is 0 Å². The van der Waals surface area contributed by atoms with Gasteiger partial charge in [0.1, 0.15) is 5.69 Å². The summed E-state index contributed by atoms with van der Waals surface area (Å²) in [6.07, 6.45) is 0. The summed E-state index contributed by atoms with van der Waals surface area (Å²) < 4.78 is 4.90. The van der Waals surface area contributed by atoms with Gasteiger partial charge in [-0.3, -0.25) is 4.79 Å². The summed E-state index contributed by atoms with van der Waals surface area (Å²) in [6, 6.07) is 6.59. The first-order valence-corrected chi connectivity index (χ1v) is 6.61. The van der Waals surface area contributed by atoms with Gasteiger partial charge in [0.2, 0.25) is 0 Å². The molecule has 19 heavy (non-hydrogen) atoms. The van der Waals surface area contributed by atoms with Gasteiger partial charge >= 0.3 is 5.97 Å². The Bertz CT molecular complexity index is 581. The van der Waals surface area contributed by atoms with Gasteiger partial charge < -0.3 is 10.1 Å². The molecule has 0 bridgehead atoms. The van der Waals surface area contributed by atoms with Crippen LogP contribution in [0.1, 0.15) is 27.8 Å². The molecule has 0 spiro atoms. The molecule has 2 aromatic rings. The van der Waals surface area contributed by atoms with Crippen LogP contribution in [0.5, 0.6) is 0 Å². The molecule has 1 N–H and O–H groups in total. The number of hydrogen-bond donors (Lipinski definition) is 1. The van der Waals surface area contributed by atoms with Crippen LogP contribution in [0.4, 0.5) is 5.69 Å². The van der Waals surface area contributed by atoms with Crippen molar-refractivity contribution in [2.45, 2.75) is 6.92 Å². The van der Waals surface area contributed by atoms with E-state index in [-0.39, 0.29) is 5.91 Å². The number of thiazole rings is 1. The lowest BCUT2D eigenvalue weighted by molar-refractivity contribution is 0.0526. The molecule has 0 aliphatic carbocycles. The highest BCUT2D eigenvalue weighted by Crippen LogP contribution is 2.13. The maximum atomic E-state index is 11.8. The molecule has 0 aliphatic heterocycles. The van der Waals surface area contributed by atoms with Crippen molar-refractivity contribution in [1.29, 1.82) is 0 Å². The summed E-state index contributed by atoms with van der Waals surface area (Å²) in [7, 11) is 0. The van der Waals surface area contributed by atoms with Crippen LogP contribution in [-0.2, 0) is 4.74 Å². The zero-order valence-corrected chi connectivity index (χ0v) is 11.1. The molecule has 0 saturated heterocycles. The van der Waals surface area contributed by atoms with E-state index in [1.165, 1.54) is 11.3 Å². The van der Waals surface area contributed by atoms with Gasteiger partial charge in [-0.2, -0.15) is 0 Å². The third-order valence-corrected chi connectivity index (χ3v) is 2.88. The number of rotatable bonds is 4. The second-order valence-electron chi connectivity index (χ2n) is 3.63. The maximum Gasteiger partial charge on any atom is 0.338 e. The summed E-state index contributed by atoms with van der Waals surface area (Å²) in [4.78, 5) is 27.3. The molecule has 1 aromatic carbocycles. The average Bonchev–Trinajstić information content (AvgIpc) is 2.93. The number of amides is 1. The molecule has 0 aliphatic rings. The number of nitrogens with zero attached hydrogens (tertiary/aromatic N) is 1. The first kappa shape index (κ1) is 13.2. The van der Waals surface area contributed by atoms with Crippen molar-refractivity contribution in [3.8, 4) is 0 Å². The van der Waals surface area contributed by atoms with Crippen molar-refractivity contribution in [2.75, 3.05) is 11.9 Å². The Morgan fingerprint density at radius 3 is 2.95 bits per heavy atom. The number of esters is 1. The topological polar surface area (TPSA) is 68.3 Å². The molecular weight excluding hydrogens is 264 g/mol. The Balaban J connectivity index is 2.11. The van der Waals surface area contributed by atoms with Crippen LogP contribution in [-0.4, -0.2) is 23.5 Å². The fourth-order valence-corrected chi connectivity index (χ4v) is 1.99. The van der Waals surface area contributed by atoms with Gasteiger partial charge in [-0.25, -0.2) is 9.78 Å². The van der Waals surface area contributed by atoms with Crippen LogP contribution in [0.15, 0.2) is 35.2 Å². The predicted octanol–water partition coefficient (Wildman–Crippen LogP) is 2.57. The number of anilines is 1. The van der Waals surface area contributed by atoms with E-state index >= 15 is 0 Å². The van der Waals surface area contributed by atoms with Gasteiger partial charge in [-0.15, -0.1) is 11.3 Å². The molecule has 5 nitrogen and oxygen atoms in total. The monoisotopic (exact) mass is 276 g/mol. The van der Waals surface area contributed by atoms with E-state index in [1.54, 1.807) is 42.1 Å². The number of benzene rings is 1. The Kier molecular flexibility index (Phi) is 4.25. The van der Waals surface area contributed by atoms with Gasteiger partial charge in [0.25, 0.3) is 5.91 Å². The number of carbonyl (C=O) groups excluding carboxylic acids is 2. The second-order valence-corrected chi connectivity index (χ2v) is 4.35.